The van der Waals surface area contributed by atoms with E-state index in [1.165, 1.54) is 11.8 Å². The lowest BCUT2D eigenvalue weighted by atomic mass is 10.2. The van der Waals surface area contributed by atoms with E-state index >= 15 is 0 Å². The average Bonchev–Trinajstić information content (AvgIpc) is 2.83. The van der Waals surface area contributed by atoms with Gasteiger partial charge in [-0.2, -0.15) is 0 Å². The van der Waals surface area contributed by atoms with Gasteiger partial charge in [-0.25, -0.2) is 4.79 Å². The third-order valence-corrected chi connectivity index (χ3v) is 5.95. The summed E-state index contributed by atoms with van der Waals surface area (Å²) in [5.41, 5.74) is 1.06. The van der Waals surface area contributed by atoms with Crippen LogP contribution >= 0.6 is 11.8 Å². The normalized spacial score (nSPS) is 13.7. The number of fused-ring (bicyclic) bond motifs is 1. The largest absolute Gasteiger partial charge is 0.462 e. The predicted molar refractivity (Wildman–Crippen MR) is 124 cm³/mol. The van der Waals surface area contributed by atoms with Crippen molar-refractivity contribution < 1.29 is 19.1 Å². The Morgan fingerprint density at radius 1 is 1.06 bits per heavy atom. The number of nitrogens with one attached hydrogen (secondary N) is 1. The van der Waals surface area contributed by atoms with Crippen LogP contribution in [0.25, 0.3) is 10.8 Å². The van der Waals surface area contributed by atoms with Crippen LogP contribution in [0.4, 0.5) is 11.5 Å². The molecule has 8 nitrogen and oxygen atoms in total. The molecule has 2 heterocycles. The molecule has 4 rings (SSSR count). The number of nitrogens with zero attached hydrogens (tertiary/aromatic N) is 3. The van der Waals surface area contributed by atoms with Crippen molar-refractivity contribution >= 4 is 45.9 Å². The Morgan fingerprint density at radius 3 is 2.50 bits per heavy atom. The van der Waals surface area contributed by atoms with Gasteiger partial charge in [-0.3, -0.25) is 4.79 Å². The van der Waals surface area contributed by atoms with E-state index in [9.17, 15) is 9.59 Å². The number of benzene rings is 2. The van der Waals surface area contributed by atoms with Crippen LogP contribution in [-0.2, 0) is 14.3 Å². The van der Waals surface area contributed by atoms with E-state index in [4.69, 9.17) is 9.47 Å². The summed E-state index contributed by atoms with van der Waals surface area (Å²) in [6.45, 7) is 4.99. The minimum absolute atomic E-state index is 0.165. The quantitative estimate of drug-likeness (QED) is 0.431. The van der Waals surface area contributed by atoms with E-state index in [0.717, 1.165) is 29.7 Å². The molecule has 1 saturated heterocycles. The van der Waals surface area contributed by atoms with Crippen molar-refractivity contribution in [2.45, 2.75) is 11.9 Å². The standard InChI is InChI=1S/C23H24N4O4S/c1-2-31-23(29)16-7-9-17(10-8-16)24-20(28)15-32-22-19-6-4-3-5-18(19)21(25-26-22)27-11-13-30-14-12-27/h3-10H,2,11-15H2,1H3,(H,24,28). The molecule has 0 aliphatic carbocycles. The van der Waals surface area contributed by atoms with E-state index in [1.54, 1.807) is 31.2 Å². The molecule has 0 atom stereocenters. The second kappa shape index (κ2) is 10.4. The van der Waals surface area contributed by atoms with E-state index in [1.807, 2.05) is 24.3 Å². The minimum atomic E-state index is -0.382. The summed E-state index contributed by atoms with van der Waals surface area (Å²) in [4.78, 5) is 26.4. The second-order valence-electron chi connectivity index (χ2n) is 7.11. The van der Waals surface area contributed by atoms with E-state index in [2.05, 4.69) is 20.4 Å². The predicted octanol–water partition coefficient (Wildman–Crippen LogP) is 3.37. The third kappa shape index (κ3) is 5.17. The maximum atomic E-state index is 12.5. The van der Waals surface area contributed by atoms with Gasteiger partial charge in [-0.1, -0.05) is 36.0 Å². The van der Waals surface area contributed by atoms with Crippen molar-refractivity contribution in [1.82, 2.24) is 10.2 Å². The van der Waals surface area contributed by atoms with Crippen molar-refractivity contribution in [3.05, 3.63) is 54.1 Å². The van der Waals surface area contributed by atoms with Crippen LogP contribution in [0.3, 0.4) is 0 Å². The van der Waals surface area contributed by atoms with Crippen LogP contribution in [0.1, 0.15) is 17.3 Å². The van der Waals surface area contributed by atoms with Crippen molar-refractivity contribution in [2.75, 3.05) is 48.9 Å². The van der Waals surface area contributed by atoms with Crippen LogP contribution < -0.4 is 10.2 Å². The molecule has 0 radical (unpaired) electrons. The number of aromatic nitrogens is 2. The maximum absolute atomic E-state index is 12.5. The molecule has 0 unspecified atom stereocenters. The molecule has 1 aliphatic heterocycles. The number of hydrogen-bond donors (Lipinski definition) is 1. The molecule has 9 heteroatoms. The fraction of sp³-hybridized carbons (Fsp3) is 0.304. The summed E-state index contributed by atoms with van der Waals surface area (Å²) in [6.07, 6.45) is 0. The highest BCUT2D eigenvalue weighted by molar-refractivity contribution is 8.00. The van der Waals surface area contributed by atoms with Gasteiger partial charge >= 0.3 is 5.97 Å². The van der Waals surface area contributed by atoms with Gasteiger partial charge in [-0.05, 0) is 31.2 Å². The lowest BCUT2D eigenvalue weighted by Gasteiger charge is -2.28. The molecular formula is C23H24N4O4S. The topological polar surface area (TPSA) is 93.6 Å². The van der Waals surface area contributed by atoms with Crippen molar-refractivity contribution in [3.63, 3.8) is 0 Å². The molecule has 166 valence electrons. The lowest BCUT2D eigenvalue weighted by Crippen LogP contribution is -2.37. The zero-order valence-electron chi connectivity index (χ0n) is 17.7. The summed E-state index contributed by atoms with van der Waals surface area (Å²) in [7, 11) is 0. The number of ether oxygens (including phenoxy) is 2. The molecule has 0 saturated carbocycles. The molecular weight excluding hydrogens is 428 g/mol. The minimum Gasteiger partial charge on any atom is -0.462 e. The molecule has 1 aliphatic rings. The first-order valence-corrected chi connectivity index (χ1v) is 11.4. The van der Waals surface area contributed by atoms with Gasteiger partial charge in [0.25, 0.3) is 0 Å². The van der Waals surface area contributed by atoms with E-state index < -0.39 is 0 Å². The van der Waals surface area contributed by atoms with Crippen molar-refractivity contribution in [2.24, 2.45) is 0 Å². The number of anilines is 2. The Bertz CT molecular complexity index is 1100. The Hall–Kier alpha value is -3.17. The summed E-state index contributed by atoms with van der Waals surface area (Å²) >= 11 is 1.34. The second-order valence-corrected chi connectivity index (χ2v) is 8.07. The lowest BCUT2D eigenvalue weighted by molar-refractivity contribution is -0.113. The van der Waals surface area contributed by atoms with Gasteiger partial charge in [0.05, 0.1) is 31.1 Å². The van der Waals surface area contributed by atoms with Crippen LogP contribution in [0, 0.1) is 0 Å². The summed E-state index contributed by atoms with van der Waals surface area (Å²) in [6, 6.07) is 14.6. The number of thioether (sulfide) groups is 1. The van der Waals surface area contributed by atoms with E-state index in [-0.39, 0.29) is 17.6 Å². The molecule has 2 aromatic carbocycles. The molecule has 1 N–H and O–H groups in total. The third-order valence-electron chi connectivity index (χ3n) is 4.96. The Kier molecular flexibility index (Phi) is 7.18. The highest BCUT2D eigenvalue weighted by atomic mass is 32.2. The number of esters is 1. The van der Waals surface area contributed by atoms with Gasteiger partial charge in [0, 0.05) is 29.5 Å². The zero-order chi connectivity index (χ0) is 22.3. The molecule has 0 spiro atoms. The number of amides is 1. The SMILES string of the molecule is CCOC(=O)c1ccc(NC(=O)CSc2nnc(N3CCOCC3)c3ccccc23)cc1. The van der Waals surface area contributed by atoms with E-state index in [0.29, 0.717) is 36.1 Å². The highest BCUT2D eigenvalue weighted by Gasteiger charge is 2.18. The Labute approximate surface area is 190 Å². The number of morpholine rings is 1. The highest BCUT2D eigenvalue weighted by Crippen LogP contribution is 2.31. The Balaban J connectivity index is 1.42. The van der Waals surface area contributed by atoms with Gasteiger partial charge in [-0.15, -0.1) is 10.2 Å². The van der Waals surface area contributed by atoms with Crippen LogP contribution in [0.5, 0.6) is 0 Å². The summed E-state index contributed by atoms with van der Waals surface area (Å²) in [5, 5.41) is 14.4. The number of rotatable bonds is 7. The molecule has 0 bridgehead atoms. The first-order valence-electron chi connectivity index (χ1n) is 10.4. The van der Waals surface area contributed by atoms with Crippen molar-refractivity contribution in [3.8, 4) is 0 Å². The van der Waals surface area contributed by atoms with Crippen LogP contribution in [-0.4, -0.2) is 60.7 Å². The van der Waals surface area contributed by atoms with Gasteiger partial charge in [0.2, 0.25) is 5.91 Å². The monoisotopic (exact) mass is 452 g/mol. The number of hydrogen-bond acceptors (Lipinski definition) is 8. The molecule has 1 fully saturated rings. The molecule has 32 heavy (non-hydrogen) atoms. The molecule has 1 amide bonds. The summed E-state index contributed by atoms with van der Waals surface area (Å²) < 4.78 is 10.4. The first-order chi connectivity index (χ1) is 15.7. The smallest absolute Gasteiger partial charge is 0.338 e. The number of carbonyl (C=O) groups is 2. The molecule has 1 aromatic heterocycles. The molecule has 3 aromatic rings. The van der Waals surface area contributed by atoms with Gasteiger partial charge < -0.3 is 19.7 Å². The first kappa shape index (κ1) is 22.0. The van der Waals surface area contributed by atoms with Gasteiger partial charge in [0.15, 0.2) is 5.82 Å². The number of carbonyl (C=O) groups excluding carboxylic acids is 2. The zero-order valence-corrected chi connectivity index (χ0v) is 18.6. The summed E-state index contributed by atoms with van der Waals surface area (Å²) in [5.74, 6) is 0.489. The van der Waals surface area contributed by atoms with Crippen molar-refractivity contribution in [1.29, 1.82) is 0 Å². The average molecular weight is 453 g/mol. The fourth-order valence-corrected chi connectivity index (χ4v) is 4.19. The van der Waals surface area contributed by atoms with Gasteiger partial charge in [0.1, 0.15) is 5.03 Å². The maximum Gasteiger partial charge on any atom is 0.338 e. The Morgan fingerprint density at radius 2 is 1.78 bits per heavy atom. The van der Waals surface area contributed by atoms with Crippen LogP contribution in [0.15, 0.2) is 53.6 Å². The fourth-order valence-electron chi connectivity index (χ4n) is 3.42. The van der Waals surface area contributed by atoms with Crippen LogP contribution in [0.2, 0.25) is 0 Å².